The third-order valence-corrected chi connectivity index (χ3v) is 3.06. The fourth-order valence-electron chi connectivity index (χ4n) is 1.44. The van der Waals surface area contributed by atoms with Crippen LogP contribution in [0.3, 0.4) is 0 Å². The topological polar surface area (TPSA) is 50.8 Å². The van der Waals surface area contributed by atoms with E-state index in [2.05, 4.69) is 40.9 Å². The second-order valence-electron chi connectivity index (χ2n) is 4.11. The first-order valence-corrected chi connectivity index (χ1v) is 6.31. The van der Waals surface area contributed by atoms with Crippen LogP contribution >= 0.6 is 15.9 Å². The molecule has 1 aromatic heterocycles. The molecule has 0 unspecified atom stereocenters. The second kappa shape index (κ2) is 5.23. The van der Waals surface area contributed by atoms with Crippen molar-refractivity contribution >= 4 is 15.9 Å². The molecule has 0 saturated carbocycles. The van der Waals surface area contributed by atoms with E-state index in [9.17, 15) is 0 Å². The number of rotatable bonds is 3. The lowest BCUT2D eigenvalue weighted by atomic mass is 10.2. The van der Waals surface area contributed by atoms with Crippen LogP contribution in [0.25, 0.3) is 0 Å². The third-order valence-electron chi connectivity index (χ3n) is 2.40. The Morgan fingerprint density at radius 1 is 1.39 bits per heavy atom. The monoisotopic (exact) mass is 305 g/mol. The van der Waals surface area contributed by atoms with E-state index < -0.39 is 0 Å². The van der Waals surface area contributed by atoms with Crippen molar-refractivity contribution in [1.29, 1.82) is 5.26 Å². The Balaban J connectivity index is 2.18. The molecule has 0 N–H and O–H groups in total. The molecule has 4 nitrogen and oxygen atoms in total. The number of aromatic nitrogens is 2. The van der Waals surface area contributed by atoms with E-state index in [1.54, 1.807) is 24.4 Å². The number of nitrogens with zero attached hydrogens (tertiary/aromatic N) is 3. The first-order valence-electron chi connectivity index (χ1n) is 5.52. The van der Waals surface area contributed by atoms with Gasteiger partial charge < -0.3 is 4.74 Å². The third kappa shape index (κ3) is 2.71. The number of hydrogen-bond donors (Lipinski definition) is 0. The molecule has 0 spiro atoms. The largest absolute Gasteiger partial charge is 0.454 e. The Morgan fingerprint density at radius 3 is 2.72 bits per heavy atom. The Kier molecular flexibility index (Phi) is 3.68. The minimum Gasteiger partial charge on any atom is -0.454 e. The van der Waals surface area contributed by atoms with Gasteiger partial charge in [0, 0.05) is 10.5 Å². The molecule has 0 amide bonds. The summed E-state index contributed by atoms with van der Waals surface area (Å²) < 4.78 is 8.22. The molecule has 1 heterocycles. The van der Waals surface area contributed by atoms with Crippen molar-refractivity contribution in [3.63, 3.8) is 0 Å². The summed E-state index contributed by atoms with van der Waals surface area (Å²) in [7, 11) is 0. The molecule has 92 valence electrons. The normalized spacial score (nSPS) is 10.4. The van der Waals surface area contributed by atoms with E-state index >= 15 is 0 Å². The number of hydrogen-bond acceptors (Lipinski definition) is 3. The lowest BCUT2D eigenvalue weighted by molar-refractivity contribution is 0.476. The zero-order valence-electron chi connectivity index (χ0n) is 10.1. The SMILES string of the molecule is CC(C)n1cc(Oc2ccc(C#N)c(Br)c2)cn1. The average molecular weight is 306 g/mol. The van der Waals surface area contributed by atoms with E-state index in [1.807, 2.05) is 10.9 Å². The molecule has 0 atom stereocenters. The lowest BCUT2D eigenvalue weighted by Crippen LogP contribution is -1.99. The van der Waals surface area contributed by atoms with Crippen LogP contribution in [0.5, 0.6) is 11.5 Å². The van der Waals surface area contributed by atoms with Crippen LogP contribution in [-0.4, -0.2) is 9.78 Å². The molecule has 0 aliphatic heterocycles. The van der Waals surface area contributed by atoms with Crippen molar-refractivity contribution in [2.45, 2.75) is 19.9 Å². The Morgan fingerprint density at radius 2 is 2.17 bits per heavy atom. The number of halogens is 1. The van der Waals surface area contributed by atoms with Crippen LogP contribution in [0.15, 0.2) is 35.1 Å². The summed E-state index contributed by atoms with van der Waals surface area (Å²) in [6.45, 7) is 4.10. The smallest absolute Gasteiger partial charge is 0.165 e. The Labute approximate surface area is 114 Å². The Hall–Kier alpha value is -1.80. The maximum atomic E-state index is 8.83. The second-order valence-corrected chi connectivity index (χ2v) is 4.96. The number of ether oxygens (including phenoxy) is 1. The highest BCUT2D eigenvalue weighted by Gasteiger charge is 2.06. The molecule has 0 fully saturated rings. The van der Waals surface area contributed by atoms with Gasteiger partial charge in [0.05, 0.1) is 18.0 Å². The molecule has 0 aliphatic rings. The van der Waals surface area contributed by atoms with Crippen LogP contribution in [0, 0.1) is 11.3 Å². The summed E-state index contributed by atoms with van der Waals surface area (Å²) in [6, 6.07) is 7.63. The highest BCUT2D eigenvalue weighted by molar-refractivity contribution is 9.10. The van der Waals surface area contributed by atoms with Gasteiger partial charge in [-0.05, 0) is 48.0 Å². The summed E-state index contributed by atoms with van der Waals surface area (Å²) in [5, 5.41) is 13.0. The van der Waals surface area contributed by atoms with Gasteiger partial charge in [-0.3, -0.25) is 4.68 Å². The minimum absolute atomic E-state index is 0.301. The first-order chi connectivity index (χ1) is 8.60. The van der Waals surface area contributed by atoms with Crippen molar-refractivity contribution in [3.05, 3.63) is 40.6 Å². The summed E-state index contributed by atoms with van der Waals surface area (Å²) in [5.74, 6) is 1.35. The van der Waals surface area contributed by atoms with Gasteiger partial charge in [0.2, 0.25) is 0 Å². The molecule has 2 rings (SSSR count). The Bertz CT molecular complexity index is 599. The fraction of sp³-hybridized carbons (Fsp3) is 0.231. The van der Waals surface area contributed by atoms with Crippen LogP contribution in [0.1, 0.15) is 25.5 Å². The van der Waals surface area contributed by atoms with Crippen LogP contribution in [0.4, 0.5) is 0 Å². The van der Waals surface area contributed by atoms with E-state index in [-0.39, 0.29) is 0 Å². The summed E-state index contributed by atoms with van der Waals surface area (Å²) in [6.07, 6.45) is 3.52. The van der Waals surface area contributed by atoms with Crippen molar-refractivity contribution in [1.82, 2.24) is 9.78 Å². The van der Waals surface area contributed by atoms with Crippen LogP contribution < -0.4 is 4.74 Å². The minimum atomic E-state index is 0.301. The standard InChI is InChI=1S/C13H12BrN3O/c1-9(2)17-8-12(7-16-17)18-11-4-3-10(6-15)13(14)5-11/h3-5,7-9H,1-2H3. The van der Waals surface area contributed by atoms with Crippen molar-refractivity contribution < 1.29 is 4.74 Å². The molecule has 0 radical (unpaired) electrons. The van der Waals surface area contributed by atoms with Gasteiger partial charge in [0.15, 0.2) is 5.75 Å². The summed E-state index contributed by atoms with van der Waals surface area (Å²) >= 11 is 3.33. The summed E-state index contributed by atoms with van der Waals surface area (Å²) in [4.78, 5) is 0. The highest BCUT2D eigenvalue weighted by Crippen LogP contribution is 2.26. The molecule has 5 heteroatoms. The van der Waals surface area contributed by atoms with Gasteiger partial charge in [0.1, 0.15) is 11.8 Å². The highest BCUT2D eigenvalue weighted by atomic mass is 79.9. The number of benzene rings is 1. The average Bonchev–Trinajstić information content (AvgIpc) is 2.78. The van der Waals surface area contributed by atoms with Gasteiger partial charge in [-0.15, -0.1) is 0 Å². The van der Waals surface area contributed by atoms with Crippen molar-refractivity contribution in [3.8, 4) is 17.6 Å². The van der Waals surface area contributed by atoms with Gasteiger partial charge in [-0.1, -0.05) is 0 Å². The quantitative estimate of drug-likeness (QED) is 0.864. The lowest BCUT2D eigenvalue weighted by Gasteiger charge is -2.05. The molecule has 0 bridgehead atoms. The maximum absolute atomic E-state index is 8.83. The maximum Gasteiger partial charge on any atom is 0.165 e. The van der Waals surface area contributed by atoms with Gasteiger partial charge >= 0.3 is 0 Å². The molecule has 1 aromatic carbocycles. The van der Waals surface area contributed by atoms with Gasteiger partial charge in [-0.25, -0.2) is 0 Å². The van der Waals surface area contributed by atoms with E-state index in [1.165, 1.54) is 0 Å². The molecule has 0 saturated heterocycles. The van der Waals surface area contributed by atoms with E-state index in [4.69, 9.17) is 10.00 Å². The van der Waals surface area contributed by atoms with Crippen molar-refractivity contribution in [2.24, 2.45) is 0 Å². The predicted octanol–water partition coefficient (Wildman–Crippen LogP) is 3.89. The van der Waals surface area contributed by atoms with Crippen LogP contribution in [-0.2, 0) is 0 Å². The molecular formula is C13H12BrN3O. The molecule has 18 heavy (non-hydrogen) atoms. The first kappa shape index (κ1) is 12.7. The zero-order chi connectivity index (χ0) is 13.1. The zero-order valence-corrected chi connectivity index (χ0v) is 11.7. The number of nitriles is 1. The van der Waals surface area contributed by atoms with E-state index in [0.717, 1.165) is 4.47 Å². The summed E-state index contributed by atoms with van der Waals surface area (Å²) in [5.41, 5.74) is 0.584. The molecule has 0 aliphatic carbocycles. The predicted molar refractivity (Wildman–Crippen MR) is 71.5 cm³/mol. The van der Waals surface area contributed by atoms with Crippen LogP contribution in [0.2, 0.25) is 0 Å². The van der Waals surface area contributed by atoms with Gasteiger partial charge in [0.25, 0.3) is 0 Å². The van der Waals surface area contributed by atoms with Crippen molar-refractivity contribution in [2.75, 3.05) is 0 Å². The van der Waals surface area contributed by atoms with Gasteiger partial charge in [-0.2, -0.15) is 10.4 Å². The molecular weight excluding hydrogens is 294 g/mol. The van der Waals surface area contributed by atoms with E-state index in [0.29, 0.717) is 23.1 Å². The molecule has 2 aromatic rings. The fourth-order valence-corrected chi connectivity index (χ4v) is 1.89.